The molecule has 108 valence electrons. The molecule has 0 radical (unpaired) electrons. The minimum Gasteiger partial charge on any atom is -0.310 e. The highest BCUT2D eigenvalue weighted by Gasteiger charge is 2.16. The first-order chi connectivity index (χ1) is 9.60. The van der Waals surface area contributed by atoms with E-state index in [0.29, 0.717) is 6.04 Å². The van der Waals surface area contributed by atoms with Crippen molar-refractivity contribution in [2.45, 2.75) is 39.7 Å². The molecule has 1 heterocycles. The highest BCUT2D eigenvalue weighted by molar-refractivity contribution is 9.10. The second kappa shape index (κ2) is 7.39. The fourth-order valence-electron chi connectivity index (χ4n) is 2.51. The lowest BCUT2D eigenvalue weighted by atomic mass is 9.99. The summed E-state index contributed by atoms with van der Waals surface area (Å²) in [6.45, 7) is 7.70. The summed E-state index contributed by atoms with van der Waals surface area (Å²) in [5.74, 6) is 0. The second-order valence-electron chi connectivity index (χ2n) is 5.21. The van der Waals surface area contributed by atoms with E-state index < -0.39 is 0 Å². The van der Waals surface area contributed by atoms with E-state index in [9.17, 15) is 0 Å². The maximum atomic E-state index is 3.70. The summed E-state index contributed by atoms with van der Waals surface area (Å²) in [6, 6.07) is 11.4. The van der Waals surface area contributed by atoms with Gasteiger partial charge in [0.2, 0.25) is 0 Å². The summed E-state index contributed by atoms with van der Waals surface area (Å²) >= 11 is 5.46. The molecule has 0 fully saturated rings. The van der Waals surface area contributed by atoms with Gasteiger partial charge in [-0.3, -0.25) is 0 Å². The Morgan fingerprint density at radius 2 is 2.05 bits per heavy atom. The summed E-state index contributed by atoms with van der Waals surface area (Å²) in [5.41, 5.74) is 2.83. The first-order valence-corrected chi connectivity index (χ1v) is 8.76. The van der Waals surface area contributed by atoms with Gasteiger partial charge in [-0.25, -0.2) is 0 Å². The van der Waals surface area contributed by atoms with Crippen molar-refractivity contribution in [1.82, 2.24) is 5.32 Å². The smallest absolute Gasteiger partial charge is 0.0371 e. The number of hydrogen-bond acceptors (Lipinski definition) is 2. The average Bonchev–Trinajstić information content (AvgIpc) is 2.73. The van der Waals surface area contributed by atoms with Crippen LogP contribution in [0.5, 0.6) is 0 Å². The molecular weight excluding hydrogens is 330 g/mol. The zero-order valence-corrected chi connectivity index (χ0v) is 14.8. The third kappa shape index (κ3) is 4.18. The molecule has 0 aliphatic rings. The van der Waals surface area contributed by atoms with Crippen molar-refractivity contribution in [3.05, 3.63) is 55.7 Å². The van der Waals surface area contributed by atoms with Crippen LogP contribution in [0.4, 0.5) is 0 Å². The number of hydrogen-bond donors (Lipinski definition) is 1. The van der Waals surface area contributed by atoms with Crippen molar-refractivity contribution >= 4 is 27.3 Å². The van der Waals surface area contributed by atoms with Crippen molar-refractivity contribution in [3.8, 4) is 0 Å². The zero-order chi connectivity index (χ0) is 14.5. The summed E-state index contributed by atoms with van der Waals surface area (Å²) in [7, 11) is 0. The van der Waals surface area contributed by atoms with Crippen molar-refractivity contribution in [2.75, 3.05) is 6.54 Å². The topological polar surface area (TPSA) is 12.0 Å². The first-order valence-electron chi connectivity index (χ1n) is 7.15. The van der Waals surface area contributed by atoms with Gasteiger partial charge in [0, 0.05) is 20.3 Å². The number of thiophene rings is 1. The maximum Gasteiger partial charge on any atom is 0.0371 e. The molecule has 1 aromatic heterocycles. The van der Waals surface area contributed by atoms with Gasteiger partial charge in [0.15, 0.2) is 0 Å². The van der Waals surface area contributed by atoms with E-state index in [1.165, 1.54) is 20.9 Å². The second-order valence-corrected chi connectivity index (χ2v) is 7.59. The lowest BCUT2D eigenvalue weighted by molar-refractivity contribution is 0.528. The van der Waals surface area contributed by atoms with E-state index >= 15 is 0 Å². The fourth-order valence-corrected chi connectivity index (χ4v) is 3.94. The standard InChI is InChI=1S/C17H22BrNS/c1-4-8-19-17(16-9-12(2)20-13(16)3)11-14-6-5-7-15(18)10-14/h5-7,9-10,17,19H,4,8,11H2,1-3H3. The largest absolute Gasteiger partial charge is 0.310 e. The van der Waals surface area contributed by atoms with Crippen LogP contribution >= 0.6 is 27.3 Å². The lowest BCUT2D eigenvalue weighted by Crippen LogP contribution is -2.24. The van der Waals surface area contributed by atoms with Crippen LogP contribution in [0.25, 0.3) is 0 Å². The van der Waals surface area contributed by atoms with Gasteiger partial charge in [-0.1, -0.05) is 35.0 Å². The number of rotatable bonds is 6. The molecule has 0 aliphatic heterocycles. The molecule has 0 saturated heterocycles. The molecule has 0 amide bonds. The van der Waals surface area contributed by atoms with Crippen molar-refractivity contribution in [3.63, 3.8) is 0 Å². The van der Waals surface area contributed by atoms with Gasteiger partial charge in [-0.15, -0.1) is 11.3 Å². The Labute approximate surface area is 134 Å². The molecule has 1 unspecified atom stereocenters. The van der Waals surface area contributed by atoms with Crippen LogP contribution in [0.1, 0.15) is 40.3 Å². The van der Waals surface area contributed by atoms with Crippen LogP contribution in [0.2, 0.25) is 0 Å². The van der Waals surface area contributed by atoms with Gasteiger partial charge >= 0.3 is 0 Å². The van der Waals surface area contributed by atoms with Crippen molar-refractivity contribution in [2.24, 2.45) is 0 Å². The number of benzene rings is 1. The molecule has 0 saturated carbocycles. The van der Waals surface area contributed by atoms with Crippen molar-refractivity contribution in [1.29, 1.82) is 0 Å². The molecule has 1 nitrogen and oxygen atoms in total. The van der Waals surface area contributed by atoms with Crippen LogP contribution < -0.4 is 5.32 Å². The summed E-state index contributed by atoms with van der Waals surface area (Å²) in [6.07, 6.45) is 2.20. The Morgan fingerprint density at radius 3 is 2.65 bits per heavy atom. The summed E-state index contributed by atoms with van der Waals surface area (Å²) < 4.78 is 1.16. The summed E-state index contributed by atoms with van der Waals surface area (Å²) in [5, 5.41) is 3.70. The molecular formula is C17H22BrNS. The van der Waals surface area contributed by atoms with Crippen LogP contribution in [0.3, 0.4) is 0 Å². The van der Waals surface area contributed by atoms with E-state index in [1.807, 2.05) is 11.3 Å². The molecule has 0 aliphatic carbocycles. The fraction of sp³-hybridized carbons (Fsp3) is 0.412. The Balaban J connectivity index is 2.21. The molecule has 0 spiro atoms. The van der Waals surface area contributed by atoms with Gasteiger partial charge in [0.1, 0.15) is 0 Å². The normalized spacial score (nSPS) is 12.6. The molecule has 0 bridgehead atoms. The zero-order valence-electron chi connectivity index (χ0n) is 12.4. The quantitative estimate of drug-likeness (QED) is 0.733. The number of aryl methyl sites for hydroxylation is 2. The highest BCUT2D eigenvalue weighted by Crippen LogP contribution is 2.29. The molecule has 3 heteroatoms. The molecule has 1 atom stereocenters. The van der Waals surface area contributed by atoms with E-state index in [2.05, 4.69) is 72.3 Å². The van der Waals surface area contributed by atoms with Crippen LogP contribution in [-0.2, 0) is 6.42 Å². The number of halogens is 1. The minimum atomic E-state index is 0.411. The van der Waals surface area contributed by atoms with Gasteiger partial charge in [-0.2, -0.15) is 0 Å². The molecule has 2 rings (SSSR count). The lowest BCUT2D eigenvalue weighted by Gasteiger charge is -2.19. The van der Waals surface area contributed by atoms with Gasteiger partial charge in [0.05, 0.1) is 0 Å². The highest BCUT2D eigenvalue weighted by atomic mass is 79.9. The van der Waals surface area contributed by atoms with E-state index in [1.54, 1.807) is 0 Å². The van der Waals surface area contributed by atoms with E-state index in [0.717, 1.165) is 23.9 Å². The predicted molar refractivity (Wildman–Crippen MR) is 92.7 cm³/mol. The average molecular weight is 352 g/mol. The van der Waals surface area contributed by atoms with Crippen LogP contribution in [-0.4, -0.2) is 6.54 Å². The Hall–Kier alpha value is -0.640. The third-order valence-corrected chi connectivity index (χ3v) is 4.90. The molecule has 1 aromatic carbocycles. The Kier molecular flexibility index (Phi) is 5.82. The van der Waals surface area contributed by atoms with Gasteiger partial charge in [-0.05, 0) is 62.6 Å². The predicted octanol–water partition coefficient (Wildman–Crippen LogP) is 5.41. The minimum absolute atomic E-state index is 0.411. The first kappa shape index (κ1) is 15.7. The van der Waals surface area contributed by atoms with Gasteiger partial charge in [0.25, 0.3) is 0 Å². The SMILES string of the molecule is CCCNC(Cc1cccc(Br)c1)c1cc(C)sc1C. The third-order valence-electron chi connectivity index (χ3n) is 3.42. The monoisotopic (exact) mass is 351 g/mol. The van der Waals surface area contributed by atoms with E-state index in [4.69, 9.17) is 0 Å². The maximum absolute atomic E-state index is 3.70. The summed E-state index contributed by atoms with van der Waals surface area (Å²) in [4.78, 5) is 2.83. The molecule has 20 heavy (non-hydrogen) atoms. The van der Waals surface area contributed by atoms with Crippen LogP contribution in [0, 0.1) is 13.8 Å². The van der Waals surface area contributed by atoms with Crippen LogP contribution in [0.15, 0.2) is 34.8 Å². The van der Waals surface area contributed by atoms with Gasteiger partial charge < -0.3 is 5.32 Å². The molecule has 2 aromatic rings. The Morgan fingerprint density at radius 1 is 1.25 bits per heavy atom. The Bertz CT molecular complexity index is 562. The number of nitrogens with one attached hydrogen (secondary N) is 1. The van der Waals surface area contributed by atoms with Crippen molar-refractivity contribution < 1.29 is 0 Å². The van der Waals surface area contributed by atoms with E-state index in [-0.39, 0.29) is 0 Å². The molecule has 1 N–H and O–H groups in total.